The first-order valence-electron chi connectivity index (χ1n) is 9.96. The van der Waals surface area contributed by atoms with Gasteiger partial charge in [0.25, 0.3) is 0 Å². The zero-order chi connectivity index (χ0) is 22.9. The number of ether oxygens (including phenoxy) is 2. The molecule has 7 heteroatoms. The number of hydrogen-bond donors (Lipinski definition) is 0. The highest BCUT2D eigenvalue weighted by atomic mass is 79.9. The van der Waals surface area contributed by atoms with Crippen molar-refractivity contribution in [2.45, 2.75) is 38.1 Å². The molecule has 0 saturated carbocycles. The molecule has 170 valence electrons. The van der Waals surface area contributed by atoms with Crippen molar-refractivity contribution in [3.05, 3.63) is 71.3 Å². The first-order chi connectivity index (χ1) is 15.6. The summed E-state index contributed by atoms with van der Waals surface area (Å²) >= 11 is 10.6. The van der Waals surface area contributed by atoms with Gasteiger partial charge in [0, 0.05) is 31.0 Å². The number of rotatable bonds is 11. The molecule has 0 aliphatic carbocycles. The Labute approximate surface area is 217 Å². The minimum atomic E-state index is 0.528. The van der Waals surface area contributed by atoms with Crippen LogP contribution in [0, 0.1) is 0 Å². The molecule has 3 rings (SSSR count). The largest absolute Gasteiger partial charge is 0.489 e. The molecule has 0 N–H and O–H groups in total. The lowest BCUT2D eigenvalue weighted by Crippen LogP contribution is -2.00. The summed E-state index contributed by atoms with van der Waals surface area (Å²) in [6.07, 6.45) is 8.41. The molecular weight excluding hydrogens is 540 g/mol. The SMILES string of the molecule is CSc1cc(COc2cc(CBr)cc(OCc3cc(SC)cc(SC)c3)c2)cc(SC)c1. The first kappa shape index (κ1) is 25.8. The summed E-state index contributed by atoms with van der Waals surface area (Å²) in [5.74, 6) is 1.64. The second-order valence-corrected chi connectivity index (χ2v) is 11.0. The van der Waals surface area contributed by atoms with Gasteiger partial charge in [-0.25, -0.2) is 0 Å². The second kappa shape index (κ2) is 13.1. The van der Waals surface area contributed by atoms with E-state index in [4.69, 9.17) is 9.47 Å². The number of alkyl halides is 1. The van der Waals surface area contributed by atoms with Gasteiger partial charge in [0.15, 0.2) is 0 Å². The van der Waals surface area contributed by atoms with E-state index in [2.05, 4.69) is 89.5 Å². The summed E-state index contributed by atoms with van der Waals surface area (Å²) in [5, 5.41) is 0.748. The van der Waals surface area contributed by atoms with E-state index in [9.17, 15) is 0 Å². The summed E-state index contributed by atoms with van der Waals surface area (Å²) in [6.45, 7) is 1.06. The second-order valence-electron chi connectivity index (χ2n) is 6.97. The predicted molar refractivity (Wildman–Crippen MR) is 148 cm³/mol. The van der Waals surface area contributed by atoms with Gasteiger partial charge in [-0.2, -0.15) is 0 Å². The molecule has 0 aromatic heterocycles. The first-order valence-corrected chi connectivity index (χ1v) is 16.0. The van der Waals surface area contributed by atoms with Crippen molar-refractivity contribution in [1.82, 2.24) is 0 Å². The highest BCUT2D eigenvalue weighted by Gasteiger charge is 2.07. The minimum absolute atomic E-state index is 0.528. The Hall–Kier alpha value is -0.860. The molecule has 3 aromatic rings. The lowest BCUT2D eigenvalue weighted by atomic mass is 10.2. The predicted octanol–water partition coefficient (Wildman–Crippen LogP) is 8.63. The Morgan fingerprint density at radius 3 is 1.22 bits per heavy atom. The van der Waals surface area contributed by atoms with Crippen LogP contribution in [0.4, 0.5) is 0 Å². The Morgan fingerprint density at radius 2 is 0.906 bits per heavy atom. The van der Waals surface area contributed by atoms with Gasteiger partial charge in [-0.05, 0) is 90.2 Å². The summed E-state index contributed by atoms with van der Waals surface area (Å²) in [6, 6.07) is 19.3. The van der Waals surface area contributed by atoms with E-state index >= 15 is 0 Å². The molecule has 0 aliphatic rings. The Bertz CT molecular complexity index is 920. The van der Waals surface area contributed by atoms with Gasteiger partial charge in [-0.3, -0.25) is 0 Å². The molecule has 0 radical (unpaired) electrons. The van der Waals surface area contributed by atoms with Gasteiger partial charge < -0.3 is 9.47 Å². The van der Waals surface area contributed by atoms with Gasteiger partial charge in [0.1, 0.15) is 24.7 Å². The standard InChI is InChI=1S/C25H27BrO2S4/c1-29-22-7-18(8-23(12-22)30-2)15-27-20-5-17(14-26)6-21(11-20)28-16-19-9-24(31-3)13-25(10-19)32-4/h5-13H,14-16H2,1-4H3. The zero-order valence-corrected chi connectivity index (χ0v) is 23.5. The molecule has 32 heavy (non-hydrogen) atoms. The number of hydrogen-bond acceptors (Lipinski definition) is 6. The molecule has 0 spiro atoms. The average molecular weight is 568 g/mol. The third-order valence-electron chi connectivity index (χ3n) is 4.73. The molecule has 0 aliphatic heterocycles. The van der Waals surface area contributed by atoms with Crippen LogP contribution < -0.4 is 9.47 Å². The van der Waals surface area contributed by atoms with E-state index in [1.165, 1.54) is 30.7 Å². The third kappa shape index (κ3) is 7.59. The lowest BCUT2D eigenvalue weighted by Gasteiger charge is -2.13. The molecule has 0 fully saturated rings. The van der Waals surface area contributed by atoms with Crippen LogP contribution in [0.5, 0.6) is 11.5 Å². The minimum Gasteiger partial charge on any atom is -0.489 e. The van der Waals surface area contributed by atoms with Gasteiger partial charge in [-0.1, -0.05) is 15.9 Å². The fraction of sp³-hybridized carbons (Fsp3) is 0.280. The van der Waals surface area contributed by atoms with Crippen molar-refractivity contribution in [3.8, 4) is 11.5 Å². The van der Waals surface area contributed by atoms with E-state index in [1.54, 1.807) is 47.0 Å². The van der Waals surface area contributed by atoms with Crippen molar-refractivity contribution in [2.75, 3.05) is 25.0 Å². The van der Waals surface area contributed by atoms with E-state index in [-0.39, 0.29) is 0 Å². The maximum Gasteiger partial charge on any atom is 0.123 e. The molecule has 0 saturated heterocycles. The summed E-state index contributed by atoms with van der Waals surface area (Å²) in [7, 11) is 0. The summed E-state index contributed by atoms with van der Waals surface area (Å²) < 4.78 is 12.3. The maximum atomic E-state index is 6.17. The fourth-order valence-electron chi connectivity index (χ4n) is 3.11. The van der Waals surface area contributed by atoms with Crippen molar-refractivity contribution in [2.24, 2.45) is 0 Å². The Kier molecular flexibility index (Phi) is 10.6. The van der Waals surface area contributed by atoms with Gasteiger partial charge >= 0.3 is 0 Å². The van der Waals surface area contributed by atoms with Crippen LogP contribution in [0.25, 0.3) is 0 Å². The van der Waals surface area contributed by atoms with Crippen LogP contribution in [0.15, 0.2) is 74.2 Å². The van der Waals surface area contributed by atoms with Gasteiger partial charge in [-0.15, -0.1) is 47.0 Å². The van der Waals surface area contributed by atoms with Crippen LogP contribution in [0.1, 0.15) is 16.7 Å². The third-order valence-corrected chi connectivity index (χ3v) is 8.20. The molecule has 0 heterocycles. The monoisotopic (exact) mass is 566 g/mol. The van der Waals surface area contributed by atoms with E-state index < -0.39 is 0 Å². The van der Waals surface area contributed by atoms with Crippen LogP contribution in [0.3, 0.4) is 0 Å². The highest BCUT2D eigenvalue weighted by Crippen LogP contribution is 2.29. The Balaban J connectivity index is 1.73. The number of thioether (sulfide) groups is 4. The molecule has 2 nitrogen and oxygen atoms in total. The fourth-order valence-corrected chi connectivity index (χ4v) is 5.64. The van der Waals surface area contributed by atoms with E-state index in [1.807, 2.05) is 6.07 Å². The van der Waals surface area contributed by atoms with Crippen LogP contribution in [-0.4, -0.2) is 25.0 Å². The average Bonchev–Trinajstić information content (AvgIpc) is 2.85. The topological polar surface area (TPSA) is 18.5 Å². The van der Waals surface area contributed by atoms with Crippen molar-refractivity contribution in [3.63, 3.8) is 0 Å². The lowest BCUT2D eigenvalue weighted by molar-refractivity contribution is 0.289. The van der Waals surface area contributed by atoms with Crippen molar-refractivity contribution in [1.29, 1.82) is 0 Å². The molecule has 0 bridgehead atoms. The van der Waals surface area contributed by atoms with Crippen LogP contribution >= 0.6 is 63.0 Å². The quantitative estimate of drug-likeness (QED) is 0.169. The molecular formula is C25H27BrO2S4. The zero-order valence-electron chi connectivity index (χ0n) is 18.6. The number of halogens is 1. The summed E-state index contributed by atoms with van der Waals surface area (Å²) in [4.78, 5) is 5.02. The molecule has 0 atom stereocenters. The smallest absolute Gasteiger partial charge is 0.123 e. The van der Waals surface area contributed by atoms with E-state index in [0.29, 0.717) is 13.2 Å². The number of benzene rings is 3. The van der Waals surface area contributed by atoms with Crippen molar-refractivity contribution >= 4 is 63.0 Å². The van der Waals surface area contributed by atoms with Crippen LogP contribution in [0.2, 0.25) is 0 Å². The highest BCUT2D eigenvalue weighted by molar-refractivity contribution is 9.08. The van der Waals surface area contributed by atoms with Crippen LogP contribution in [-0.2, 0) is 18.5 Å². The normalized spacial score (nSPS) is 10.9. The summed E-state index contributed by atoms with van der Waals surface area (Å²) in [5.41, 5.74) is 3.47. The van der Waals surface area contributed by atoms with E-state index in [0.717, 1.165) is 22.4 Å². The Morgan fingerprint density at radius 1 is 0.531 bits per heavy atom. The van der Waals surface area contributed by atoms with Gasteiger partial charge in [0.05, 0.1) is 0 Å². The molecule has 3 aromatic carbocycles. The maximum absolute atomic E-state index is 6.17. The van der Waals surface area contributed by atoms with Gasteiger partial charge in [0.2, 0.25) is 0 Å². The molecule has 0 unspecified atom stereocenters. The molecule has 0 amide bonds. The van der Waals surface area contributed by atoms with Crippen molar-refractivity contribution < 1.29 is 9.47 Å².